The Morgan fingerprint density at radius 2 is 2.37 bits per heavy atom. The first kappa shape index (κ1) is 15.4. The smallest absolute Gasteiger partial charge is 0.242 e. The summed E-state index contributed by atoms with van der Waals surface area (Å²) >= 11 is 4.45. The van der Waals surface area contributed by atoms with Crippen molar-refractivity contribution < 1.29 is 18.3 Å². The highest BCUT2D eigenvalue weighted by Gasteiger charge is 2.27. The van der Waals surface area contributed by atoms with Gasteiger partial charge in [0.1, 0.15) is 4.90 Å². The third-order valence-corrected chi connectivity index (χ3v) is 6.88. The van der Waals surface area contributed by atoms with Crippen molar-refractivity contribution in [2.45, 2.75) is 31.0 Å². The molecule has 0 bridgehead atoms. The van der Waals surface area contributed by atoms with E-state index in [1.807, 2.05) is 6.92 Å². The summed E-state index contributed by atoms with van der Waals surface area (Å²) < 4.78 is 32.9. The van der Waals surface area contributed by atoms with Gasteiger partial charge in [-0.1, -0.05) is 0 Å². The molecule has 2 rings (SSSR count). The topological polar surface area (TPSA) is 75.6 Å². The fourth-order valence-corrected chi connectivity index (χ4v) is 5.63. The minimum Gasteiger partial charge on any atom is -0.391 e. The molecule has 1 saturated heterocycles. The second-order valence-corrected chi connectivity index (χ2v) is 8.68. The van der Waals surface area contributed by atoms with Gasteiger partial charge >= 0.3 is 0 Å². The molecule has 0 saturated carbocycles. The van der Waals surface area contributed by atoms with E-state index in [0.717, 1.165) is 6.42 Å². The summed E-state index contributed by atoms with van der Waals surface area (Å²) in [6, 6.07) is 1.49. The summed E-state index contributed by atoms with van der Waals surface area (Å²) in [7, 11) is -3.54. The van der Waals surface area contributed by atoms with Crippen LogP contribution in [0.5, 0.6) is 0 Å². The van der Waals surface area contributed by atoms with Gasteiger partial charge in [-0.2, -0.15) is 0 Å². The normalized spacial score (nSPS) is 23.9. The number of ether oxygens (including phenoxy) is 1. The summed E-state index contributed by atoms with van der Waals surface area (Å²) in [5.74, 6) is 0.212. The molecule has 0 radical (unpaired) electrons. The SMILES string of the molecule is CC1OCCC1CNS(=O)(=O)c1cc(CO)sc1Br. The molecule has 1 aliphatic rings. The Hall–Kier alpha value is 0.01000. The van der Waals surface area contributed by atoms with Crippen molar-refractivity contribution in [2.24, 2.45) is 5.92 Å². The van der Waals surface area contributed by atoms with E-state index < -0.39 is 10.0 Å². The molecular weight excluding hydrogens is 354 g/mol. The van der Waals surface area contributed by atoms with Crippen LogP contribution in [0.4, 0.5) is 0 Å². The molecule has 2 heterocycles. The fourth-order valence-electron chi connectivity index (χ4n) is 2.00. The number of hydrogen-bond donors (Lipinski definition) is 2. The van der Waals surface area contributed by atoms with Gasteiger partial charge in [0.15, 0.2) is 0 Å². The van der Waals surface area contributed by atoms with Crippen molar-refractivity contribution in [3.8, 4) is 0 Å². The van der Waals surface area contributed by atoms with Crippen LogP contribution in [0.1, 0.15) is 18.2 Å². The van der Waals surface area contributed by atoms with Crippen molar-refractivity contribution >= 4 is 37.3 Å². The summed E-state index contributed by atoms with van der Waals surface area (Å²) in [6.45, 7) is 2.85. The van der Waals surface area contributed by atoms with Gasteiger partial charge in [0.05, 0.1) is 16.5 Å². The third kappa shape index (κ3) is 3.56. The van der Waals surface area contributed by atoms with Crippen LogP contribution in [0.3, 0.4) is 0 Å². The number of rotatable bonds is 5. The van der Waals surface area contributed by atoms with E-state index in [1.54, 1.807) is 0 Å². The summed E-state index contributed by atoms with van der Waals surface area (Å²) in [5, 5.41) is 9.04. The van der Waals surface area contributed by atoms with Gasteiger partial charge in [-0.25, -0.2) is 13.1 Å². The molecule has 1 aromatic heterocycles. The average molecular weight is 370 g/mol. The Balaban J connectivity index is 2.07. The lowest BCUT2D eigenvalue weighted by atomic mass is 10.0. The number of hydrogen-bond acceptors (Lipinski definition) is 5. The summed E-state index contributed by atoms with van der Waals surface area (Å²) in [6.07, 6.45) is 0.956. The minimum atomic E-state index is -3.54. The zero-order chi connectivity index (χ0) is 14.0. The summed E-state index contributed by atoms with van der Waals surface area (Å²) in [4.78, 5) is 0.804. The molecule has 1 fully saturated rings. The van der Waals surface area contributed by atoms with Crippen molar-refractivity contribution in [1.82, 2.24) is 4.72 Å². The third-order valence-electron chi connectivity index (χ3n) is 3.22. The van der Waals surface area contributed by atoms with Gasteiger partial charge in [0.25, 0.3) is 0 Å². The standard InChI is InChI=1S/C11H16BrNO4S2/c1-7-8(2-3-17-7)5-13-19(15,16)10-4-9(6-14)18-11(10)12/h4,7-8,13-14H,2-3,5-6H2,1H3. The minimum absolute atomic E-state index is 0.0848. The van der Waals surface area contributed by atoms with Gasteiger partial charge in [-0.15, -0.1) is 11.3 Å². The first-order valence-electron chi connectivity index (χ1n) is 5.94. The molecule has 8 heteroatoms. The molecule has 2 unspecified atom stereocenters. The van der Waals surface area contributed by atoms with Crippen molar-refractivity contribution in [3.05, 3.63) is 14.7 Å². The lowest BCUT2D eigenvalue weighted by Gasteiger charge is -2.14. The number of halogens is 1. The molecule has 1 aliphatic heterocycles. The Morgan fingerprint density at radius 3 is 2.89 bits per heavy atom. The number of aliphatic hydroxyl groups excluding tert-OH is 1. The zero-order valence-corrected chi connectivity index (χ0v) is 13.6. The van der Waals surface area contributed by atoms with E-state index in [-0.39, 0.29) is 23.5 Å². The maximum absolute atomic E-state index is 12.2. The molecule has 0 amide bonds. The van der Waals surface area contributed by atoms with Crippen LogP contribution in [-0.2, 0) is 21.4 Å². The lowest BCUT2D eigenvalue weighted by Crippen LogP contribution is -2.32. The molecule has 0 spiro atoms. The van der Waals surface area contributed by atoms with Crippen LogP contribution in [0, 0.1) is 5.92 Å². The van der Waals surface area contributed by atoms with Crippen molar-refractivity contribution in [2.75, 3.05) is 13.2 Å². The largest absolute Gasteiger partial charge is 0.391 e. The monoisotopic (exact) mass is 369 g/mol. The molecule has 0 aliphatic carbocycles. The predicted octanol–water partition coefficient (Wildman–Crippen LogP) is 1.71. The van der Waals surface area contributed by atoms with Crippen molar-refractivity contribution in [3.63, 3.8) is 0 Å². The van der Waals surface area contributed by atoms with E-state index in [0.29, 0.717) is 21.8 Å². The Kier molecular flexibility index (Phi) is 5.02. The highest BCUT2D eigenvalue weighted by atomic mass is 79.9. The predicted molar refractivity (Wildman–Crippen MR) is 76.7 cm³/mol. The van der Waals surface area contributed by atoms with Crippen LogP contribution in [0.25, 0.3) is 0 Å². The molecule has 2 atom stereocenters. The Morgan fingerprint density at radius 1 is 1.63 bits per heavy atom. The molecular formula is C11H16BrNO4S2. The van der Waals surface area contributed by atoms with Crippen LogP contribution >= 0.6 is 27.3 Å². The van der Waals surface area contributed by atoms with Crippen LogP contribution in [0.2, 0.25) is 0 Å². The summed E-state index contributed by atoms with van der Waals surface area (Å²) in [5.41, 5.74) is 0. The fraction of sp³-hybridized carbons (Fsp3) is 0.636. The van der Waals surface area contributed by atoms with Crippen LogP contribution in [0.15, 0.2) is 14.7 Å². The Labute approximate surface area is 125 Å². The molecule has 19 heavy (non-hydrogen) atoms. The number of thiophene rings is 1. The first-order valence-corrected chi connectivity index (χ1v) is 9.03. The van der Waals surface area contributed by atoms with Gasteiger partial charge in [0.2, 0.25) is 10.0 Å². The van der Waals surface area contributed by atoms with Gasteiger partial charge in [0, 0.05) is 23.9 Å². The maximum atomic E-state index is 12.2. The molecule has 1 aromatic rings. The van der Waals surface area contributed by atoms with E-state index in [4.69, 9.17) is 9.84 Å². The van der Waals surface area contributed by atoms with Crippen LogP contribution < -0.4 is 4.72 Å². The second kappa shape index (κ2) is 6.19. The number of sulfonamides is 1. The first-order chi connectivity index (χ1) is 8.94. The second-order valence-electron chi connectivity index (χ2n) is 4.49. The average Bonchev–Trinajstić information content (AvgIpc) is 2.93. The molecule has 5 nitrogen and oxygen atoms in total. The van der Waals surface area contributed by atoms with E-state index in [2.05, 4.69) is 20.7 Å². The van der Waals surface area contributed by atoms with Crippen molar-refractivity contribution in [1.29, 1.82) is 0 Å². The van der Waals surface area contributed by atoms with Gasteiger partial charge in [-0.05, 0) is 35.3 Å². The van der Waals surface area contributed by atoms with E-state index in [9.17, 15) is 8.42 Å². The number of aliphatic hydroxyl groups is 1. The molecule has 0 aromatic carbocycles. The highest BCUT2D eigenvalue weighted by Crippen LogP contribution is 2.31. The van der Waals surface area contributed by atoms with Gasteiger partial charge in [-0.3, -0.25) is 0 Å². The van der Waals surface area contributed by atoms with Crippen LogP contribution in [-0.4, -0.2) is 32.8 Å². The number of nitrogens with one attached hydrogen (secondary N) is 1. The zero-order valence-electron chi connectivity index (χ0n) is 10.4. The molecule has 108 valence electrons. The van der Waals surface area contributed by atoms with E-state index >= 15 is 0 Å². The lowest BCUT2D eigenvalue weighted by molar-refractivity contribution is 0.107. The van der Waals surface area contributed by atoms with E-state index in [1.165, 1.54) is 17.4 Å². The maximum Gasteiger partial charge on any atom is 0.242 e. The quantitative estimate of drug-likeness (QED) is 0.828. The highest BCUT2D eigenvalue weighted by molar-refractivity contribution is 9.11. The van der Waals surface area contributed by atoms with Gasteiger partial charge < -0.3 is 9.84 Å². The Bertz CT molecular complexity index is 543. The molecule has 2 N–H and O–H groups in total.